The molecule has 0 fully saturated rings. The van der Waals surface area contributed by atoms with Crippen molar-refractivity contribution in [3.05, 3.63) is 77.7 Å². The highest BCUT2D eigenvalue weighted by atomic mass is 19.1. The van der Waals surface area contributed by atoms with Gasteiger partial charge in [-0.05, 0) is 48.7 Å². The first-order valence-electron chi connectivity index (χ1n) is 8.79. The maximum atomic E-state index is 13.4. The number of aromatic nitrogens is 1. The fourth-order valence-electron chi connectivity index (χ4n) is 2.97. The molecule has 3 nitrogen and oxygen atoms in total. The first-order chi connectivity index (χ1) is 12.5. The summed E-state index contributed by atoms with van der Waals surface area (Å²) in [5.74, 6) is 0.0102. The van der Waals surface area contributed by atoms with Crippen molar-refractivity contribution >= 4 is 5.91 Å². The van der Waals surface area contributed by atoms with Gasteiger partial charge in [-0.3, -0.25) is 4.79 Å². The zero-order chi connectivity index (χ0) is 18.7. The molecule has 0 aliphatic heterocycles. The standard InChI is InChI=1S/C22H23FN2O/c1-15(2)14-24-22(26)20-13-21(17-7-5-4-6-8-17)25(16(20)3)19-11-9-18(23)10-12-19/h4-13,15H,14H2,1-3H3,(H,24,26). The predicted molar refractivity (Wildman–Crippen MR) is 103 cm³/mol. The Kier molecular flexibility index (Phi) is 5.21. The van der Waals surface area contributed by atoms with Crippen LogP contribution in [-0.4, -0.2) is 17.0 Å². The quantitative estimate of drug-likeness (QED) is 0.692. The minimum Gasteiger partial charge on any atom is -0.352 e. The molecule has 0 radical (unpaired) electrons. The average molecular weight is 350 g/mol. The van der Waals surface area contributed by atoms with Crippen molar-refractivity contribution < 1.29 is 9.18 Å². The molecule has 0 saturated carbocycles. The molecule has 4 heteroatoms. The van der Waals surface area contributed by atoms with E-state index in [9.17, 15) is 9.18 Å². The summed E-state index contributed by atoms with van der Waals surface area (Å²) in [6.45, 7) is 6.67. The topological polar surface area (TPSA) is 34.0 Å². The second-order valence-electron chi connectivity index (χ2n) is 6.81. The van der Waals surface area contributed by atoms with Gasteiger partial charge in [0.1, 0.15) is 5.82 Å². The Labute approximate surface area is 153 Å². The van der Waals surface area contributed by atoms with Crippen molar-refractivity contribution in [2.75, 3.05) is 6.54 Å². The molecule has 1 amide bonds. The molecule has 1 aromatic heterocycles. The number of rotatable bonds is 5. The van der Waals surface area contributed by atoms with Crippen LogP contribution < -0.4 is 5.32 Å². The van der Waals surface area contributed by atoms with Crippen LogP contribution in [0, 0.1) is 18.7 Å². The SMILES string of the molecule is Cc1c(C(=O)NCC(C)C)cc(-c2ccccc2)n1-c1ccc(F)cc1. The van der Waals surface area contributed by atoms with Crippen LogP contribution in [0.25, 0.3) is 16.9 Å². The molecule has 0 spiro atoms. The largest absolute Gasteiger partial charge is 0.352 e. The molecule has 26 heavy (non-hydrogen) atoms. The summed E-state index contributed by atoms with van der Waals surface area (Å²) in [5.41, 5.74) is 4.20. The molecule has 134 valence electrons. The van der Waals surface area contributed by atoms with E-state index in [1.54, 1.807) is 12.1 Å². The van der Waals surface area contributed by atoms with Crippen molar-refractivity contribution in [3.8, 4) is 16.9 Å². The maximum Gasteiger partial charge on any atom is 0.253 e. The normalized spacial score (nSPS) is 11.0. The molecule has 1 heterocycles. The third-order valence-corrected chi connectivity index (χ3v) is 4.32. The van der Waals surface area contributed by atoms with E-state index in [-0.39, 0.29) is 11.7 Å². The highest BCUT2D eigenvalue weighted by molar-refractivity contribution is 5.97. The van der Waals surface area contributed by atoms with E-state index in [4.69, 9.17) is 0 Å². The Morgan fingerprint density at radius 3 is 2.35 bits per heavy atom. The summed E-state index contributed by atoms with van der Waals surface area (Å²) in [6.07, 6.45) is 0. The molecule has 0 aliphatic carbocycles. The number of amides is 1. The molecular formula is C22H23FN2O. The first-order valence-corrected chi connectivity index (χ1v) is 8.79. The van der Waals surface area contributed by atoms with Gasteiger partial charge in [0, 0.05) is 17.9 Å². The number of halogens is 1. The van der Waals surface area contributed by atoms with Crippen LogP contribution in [0.3, 0.4) is 0 Å². The number of hydrogen-bond donors (Lipinski definition) is 1. The summed E-state index contributed by atoms with van der Waals surface area (Å²) in [4.78, 5) is 12.7. The summed E-state index contributed by atoms with van der Waals surface area (Å²) >= 11 is 0. The van der Waals surface area contributed by atoms with Gasteiger partial charge >= 0.3 is 0 Å². The molecule has 0 atom stereocenters. The first kappa shape index (κ1) is 17.9. The average Bonchev–Trinajstić information content (AvgIpc) is 2.98. The molecule has 0 aliphatic rings. The van der Waals surface area contributed by atoms with E-state index in [2.05, 4.69) is 19.2 Å². The molecule has 0 saturated heterocycles. The van der Waals surface area contributed by atoms with Crippen LogP contribution in [-0.2, 0) is 0 Å². The minimum atomic E-state index is -0.283. The third kappa shape index (κ3) is 3.69. The molecule has 0 unspecified atom stereocenters. The van der Waals surface area contributed by atoms with Crippen molar-refractivity contribution in [3.63, 3.8) is 0 Å². The zero-order valence-electron chi connectivity index (χ0n) is 15.3. The number of benzene rings is 2. The monoisotopic (exact) mass is 350 g/mol. The van der Waals surface area contributed by atoms with Crippen LogP contribution >= 0.6 is 0 Å². The van der Waals surface area contributed by atoms with Crippen molar-refractivity contribution in [1.82, 2.24) is 9.88 Å². The van der Waals surface area contributed by atoms with Crippen LogP contribution in [0.5, 0.6) is 0 Å². The van der Waals surface area contributed by atoms with Crippen molar-refractivity contribution in [2.24, 2.45) is 5.92 Å². The fourth-order valence-corrected chi connectivity index (χ4v) is 2.97. The van der Waals surface area contributed by atoms with Crippen molar-refractivity contribution in [2.45, 2.75) is 20.8 Å². The van der Waals surface area contributed by atoms with E-state index in [1.165, 1.54) is 12.1 Å². The number of nitrogens with one attached hydrogen (secondary N) is 1. The number of hydrogen-bond acceptors (Lipinski definition) is 1. The van der Waals surface area contributed by atoms with Gasteiger partial charge in [0.2, 0.25) is 0 Å². The minimum absolute atomic E-state index is 0.0887. The highest BCUT2D eigenvalue weighted by Crippen LogP contribution is 2.29. The summed E-state index contributed by atoms with van der Waals surface area (Å²) in [7, 11) is 0. The summed E-state index contributed by atoms with van der Waals surface area (Å²) in [5, 5.41) is 2.98. The molecule has 3 aromatic rings. The molecule has 1 N–H and O–H groups in total. The van der Waals surface area contributed by atoms with Gasteiger partial charge in [-0.2, -0.15) is 0 Å². The maximum absolute atomic E-state index is 13.4. The Hall–Kier alpha value is -2.88. The molecular weight excluding hydrogens is 327 g/mol. The fraction of sp³-hybridized carbons (Fsp3) is 0.227. The van der Waals surface area contributed by atoms with Crippen LogP contribution in [0.4, 0.5) is 4.39 Å². The Balaban J connectivity index is 2.11. The lowest BCUT2D eigenvalue weighted by atomic mass is 10.1. The number of carbonyl (C=O) groups is 1. The molecule has 3 rings (SSSR count). The Morgan fingerprint density at radius 2 is 1.73 bits per heavy atom. The second-order valence-corrected chi connectivity index (χ2v) is 6.81. The van der Waals surface area contributed by atoms with Gasteiger partial charge in [0.25, 0.3) is 5.91 Å². The second kappa shape index (κ2) is 7.56. The smallest absolute Gasteiger partial charge is 0.253 e. The van der Waals surface area contributed by atoms with Crippen LogP contribution in [0.15, 0.2) is 60.7 Å². The zero-order valence-corrected chi connectivity index (χ0v) is 15.3. The Bertz CT molecular complexity index is 896. The number of nitrogens with zero attached hydrogens (tertiary/aromatic N) is 1. The van der Waals surface area contributed by atoms with E-state index >= 15 is 0 Å². The number of carbonyl (C=O) groups excluding carboxylic acids is 1. The predicted octanol–water partition coefficient (Wildman–Crippen LogP) is 4.98. The lowest BCUT2D eigenvalue weighted by Gasteiger charge is -2.12. The van der Waals surface area contributed by atoms with Gasteiger partial charge < -0.3 is 9.88 Å². The van der Waals surface area contributed by atoms with Crippen LogP contribution in [0.1, 0.15) is 29.9 Å². The van der Waals surface area contributed by atoms with E-state index < -0.39 is 0 Å². The van der Waals surface area contributed by atoms with Gasteiger partial charge in [-0.25, -0.2) is 4.39 Å². The summed E-state index contributed by atoms with van der Waals surface area (Å²) in [6, 6.07) is 18.1. The van der Waals surface area contributed by atoms with E-state index in [0.29, 0.717) is 18.0 Å². The van der Waals surface area contributed by atoms with Gasteiger partial charge in [-0.1, -0.05) is 44.2 Å². The highest BCUT2D eigenvalue weighted by Gasteiger charge is 2.19. The summed E-state index contributed by atoms with van der Waals surface area (Å²) < 4.78 is 15.4. The van der Waals surface area contributed by atoms with E-state index in [1.807, 2.05) is 47.9 Å². The van der Waals surface area contributed by atoms with Crippen molar-refractivity contribution in [1.29, 1.82) is 0 Å². The molecule has 2 aromatic carbocycles. The van der Waals surface area contributed by atoms with Crippen LogP contribution in [0.2, 0.25) is 0 Å². The Morgan fingerprint density at radius 1 is 1.08 bits per heavy atom. The lowest BCUT2D eigenvalue weighted by molar-refractivity contribution is 0.0948. The van der Waals surface area contributed by atoms with Gasteiger partial charge in [0.05, 0.1) is 11.3 Å². The van der Waals surface area contributed by atoms with Gasteiger partial charge in [0.15, 0.2) is 0 Å². The van der Waals surface area contributed by atoms with E-state index in [0.717, 1.165) is 22.6 Å². The third-order valence-electron chi connectivity index (χ3n) is 4.32. The molecule has 0 bridgehead atoms. The van der Waals surface area contributed by atoms with Gasteiger partial charge in [-0.15, -0.1) is 0 Å². The lowest BCUT2D eigenvalue weighted by Crippen LogP contribution is -2.27.